The Morgan fingerprint density at radius 3 is 2.85 bits per heavy atom. The second kappa shape index (κ2) is 5.95. The van der Waals surface area contributed by atoms with Crippen LogP contribution in [0.1, 0.15) is 23.1 Å². The summed E-state index contributed by atoms with van der Waals surface area (Å²) < 4.78 is 0. The Balaban J connectivity index is 2.24. The van der Waals surface area contributed by atoms with Crippen molar-refractivity contribution in [1.29, 1.82) is 0 Å². The van der Waals surface area contributed by atoms with Crippen molar-refractivity contribution in [1.82, 2.24) is 5.32 Å². The molecule has 1 rings (SSSR count). The van der Waals surface area contributed by atoms with Crippen molar-refractivity contribution in [3.8, 4) is 0 Å². The number of nitrogens with one attached hydrogen (secondary N) is 1. The summed E-state index contributed by atoms with van der Waals surface area (Å²) in [5.74, 6) is 0. The molecule has 1 aromatic heterocycles. The van der Waals surface area contributed by atoms with Crippen LogP contribution in [-0.4, -0.2) is 6.54 Å². The fraction of sp³-hybridized carbons (Fsp3) is 0.455. The largest absolute Gasteiger partial charge is 0.312 e. The van der Waals surface area contributed by atoms with Crippen LogP contribution in [-0.2, 0) is 13.0 Å². The molecule has 72 valence electrons. The number of hydrogen-bond donors (Lipinski definition) is 1. The first-order chi connectivity index (χ1) is 6.36. The van der Waals surface area contributed by atoms with Crippen LogP contribution in [0.25, 0.3) is 0 Å². The number of hydrogen-bond acceptors (Lipinski definition) is 2. The fourth-order valence-electron chi connectivity index (χ4n) is 1.12. The zero-order chi connectivity index (χ0) is 9.52. The molecule has 0 saturated carbocycles. The first-order valence-corrected chi connectivity index (χ1v) is 5.57. The van der Waals surface area contributed by atoms with Crippen LogP contribution < -0.4 is 5.32 Å². The predicted molar refractivity (Wildman–Crippen MR) is 60.2 cm³/mol. The predicted octanol–water partition coefficient (Wildman–Crippen LogP) is 2.98. The summed E-state index contributed by atoms with van der Waals surface area (Å²) in [5.41, 5.74) is 0. The van der Waals surface area contributed by atoms with E-state index in [2.05, 4.69) is 31.0 Å². The molecule has 1 heterocycles. The Kier molecular flexibility index (Phi) is 4.79. The van der Waals surface area contributed by atoms with Gasteiger partial charge in [0, 0.05) is 16.3 Å². The molecule has 0 spiro atoms. The van der Waals surface area contributed by atoms with E-state index < -0.39 is 0 Å². The Bertz CT molecular complexity index is 252. The number of rotatable bonds is 6. The zero-order valence-electron chi connectivity index (χ0n) is 8.18. The monoisotopic (exact) mass is 195 g/mol. The van der Waals surface area contributed by atoms with Crippen molar-refractivity contribution >= 4 is 11.3 Å². The maximum absolute atomic E-state index is 3.69. The van der Waals surface area contributed by atoms with Crippen molar-refractivity contribution in [2.45, 2.75) is 26.3 Å². The number of aryl methyl sites for hydroxylation is 1. The van der Waals surface area contributed by atoms with Crippen molar-refractivity contribution in [2.75, 3.05) is 6.54 Å². The van der Waals surface area contributed by atoms with Gasteiger partial charge in [-0.3, -0.25) is 0 Å². The first-order valence-electron chi connectivity index (χ1n) is 4.76. The molecule has 0 aliphatic carbocycles. The van der Waals surface area contributed by atoms with Crippen LogP contribution in [0.5, 0.6) is 0 Å². The fourth-order valence-corrected chi connectivity index (χ4v) is 2.05. The lowest BCUT2D eigenvalue weighted by atomic mass is 10.3. The van der Waals surface area contributed by atoms with Crippen molar-refractivity contribution in [3.05, 3.63) is 34.5 Å². The first kappa shape index (κ1) is 10.5. The molecule has 0 bridgehead atoms. The van der Waals surface area contributed by atoms with Crippen LogP contribution in [0.2, 0.25) is 0 Å². The summed E-state index contributed by atoms with van der Waals surface area (Å²) in [4.78, 5) is 2.90. The van der Waals surface area contributed by atoms with E-state index in [4.69, 9.17) is 0 Å². The Hall–Kier alpha value is -0.600. The molecule has 0 aromatic carbocycles. The van der Waals surface area contributed by atoms with Crippen LogP contribution in [0.15, 0.2) is 24.8 Å². The van der Waals surface area contributed by atoms with Gasteiger partial charge in [-0.1, -0.05) is 13.0 Å². The van der Waals surface area contributed by atoms with Gasteiger partial charge in [-0.05, 0) is 31.5 Å². The summed E-state index contributed by atoms with van der Waals surface area (Å²) in [6.45, 7) is 7.91. The molecule has 1 aromatic rings. The third-order valence-corrected chi connectivity index (χ3v) is 3.12. The van der Waals surface area contributed by atoms with Crippen LogP contribution >= 0.6 is 11.3 Å². The third kappa shape index (κ3) is 3.75. The highest BCUT2D eigenvalue weighted by Gasteiger charge is 1.96. The third-order valence-electron chi connectivity index (χ3n) is 1.89. The lowest BCUT2D eigenvalue weighted by Crippen LogP contribution is -2.12. The molecule has 0 unspecified atom stereocenters. The van der Waals surface area contributed by atoms with Gasteiger partial charge in [-0.2, -0.15) is 0 Å². The minimum Gasteiger partial charge on any atom is -0.312 e. The van der Waals surface area contributed by atoms with Crippen molar-refractivity contribution in [3.63, 3.8) is 0 Å². The van der Waals surface area contributed by atoms with E-state index in [0.29, 0.717) is 0 Å². The average molecular weight is 195 g/mol. The summed E-state index contributed by atoms with van der Waals surface area (Å²) >= 11 is 1.90. The van der Waals surface area contributed by atoms with E-state index in [9.17, 15) is 0 Å². The van der Waals surface area contributed by atoms with Gasteiger partial charge in [0.25, 0.3) is 0 Å². The average Bonchev–Trinajstić information content (AvgIpc) is 2.60. The Morgan fingerprint density at radius 1 is 1.46 bits per heavy atom. The lowest BCUT2D eigenvalue weighted by molar-refractivity contribution is 0.703. The Labute approximate surface area is 84.5 Å². The minimum absolute atomic E-state index is 0.999. The highest BCUT2D eigenvalue weighted by molar-refractivity contribution is 7.11. The van der Waals surface area contributed by atoms with E-state index >= 15 is 0 Å². The molecule has 0 fully saturated rings. The van der Waals surface area contributed by atoms with E-state index in [0.717, 1.165) is 25.9 Å². The van der Waals surface area contributed by atoms with E-state index in [-0.39, 0.29) is 0 Å². The molecule has 0 aliphatic heterocycles. The summed E-state index contributed by atoms with van der Waals surface area (Å²) in [6.07, 6.45) is 4.14. The molecule has 0 radical (unpaired) electrons. The van der Waals surface area contributed by atoms with Crippen LogP contribution in [0, 0.1) is 0 Å². The molecule has 0 aliphatic rings. The van der Waals surface area contributed by atoms with E-state index in [1.807, 2.05) is 17.4 Å². The van der Waals surface area contributed by atoms with Gasteiger partial charge in [-0.15, -0.1) is 17.9 Å². The minimum atomic E-state index is 0.999. The summed E-state index contributed by atoms with van der Waals surface area (Å²) in [6, 6.07) is 4.43. The molecule has 0 amide bonds. The summed E-state index contributed by atoms with van der Waals surface area (Å²) in [5, 5.41) is 3.38. The number of thiophene rings is 1. The second-order valence-electron chi connectivity index (χ2n) is 2.98. The van der Waals surface area contributed by atoms with Gasteiger partial charge >= 0.3 is 0 Å². The molecular formula is C11H17NS. The molecule has 1 N–H and O–H groups in total. The van der Waals surface area contributed by atoms with E-state index in [1.165, 1.54) is 9.75 Å². The van der Waals surface area contributed by atoms with Gasteiger partial charge < -0.3 is 5.32 Å². The smallest absolute Gasteiger partial charge is 0.0299 e. The standard InChI is InChI=1S/C11H17NS/c1-3-5-8-12-9-11-7-6-10(4-2)13-11/h3,6-7,12H,1,4-5,8-9H2,2H3. The highest BCUT2D eigenvalue weighted by Crippen LogP contribution is 2.16. The van der Waals surface area contributed by atoms with Crippen molar-refractivity contribution in [2.24, 2.45) is 0 Å². The second-order valence-corrected chi connectivity index (χ2v) is 4.23. The lowest BCUT2D eigenvalue weighted by Gasteiger charge is -1.98. The quantitative estimate of drug-likeness (QED) is 0.543. The molecule has 0 saturated heterocycles. The SMILES string of the molecule is C=CCCNCc1ccc(CC)s1. The Morgan fingerprint density at radius 2 is 2.23 bits per heavy atom. The maximum atomic E-state index is 3.69. The summed E-state index contributed by atoms with van der Waals surface area (Å²) in [7, 11) is 0. The normalized spacial score (nSPS) is 10.2. The molecular weight excluding hydrogens is 178 g/mol. The van der Waals surface area contributed by atoms with Crippen LogP contribution in [0.3, 0.4) is 0 Å². The van der Waals surface area contributed by atoms with Crippen molar-refractivity contribution < 1.29 is 0 Å². The van der Waals surface area contributed by atoms with Gasteiger partial charge in [-0.25, -0.2) is 0 Å². The van der Waals surface area contributed by atoms with Crippen LogP contribution in [0.4, 0.5) is 0 Å². The molecule has 1 nitrogen and oxygen atoms in total. The topological polar surface area (TPSA) is 12.0 Å². The van der Waals surface area contributed by atoms with Gasteiger partial charge in [0.05, 0.1) is 0 Å². The van der Waals surface area contributed by atoms with Gasteiger partial charge in [0.1, 0.15) is 0 Å². The zero-order valence-corrected chi connectivity index (χ0v) is 8.99. The highest BCUT2D eigenvalue weighted by atomic mass is 32.1. The molecule has 13 heavy (non-hydrogen) atoms. The van der Waals surface area contributed by atoms with E-state index in [1.54, 1.807) is 0 Å². The van der Waals surface area contributed by atoms with Gasteiger partial charge in [0.15, 0.2) is 0 Å². The molecule has 0 atom stereocenters. The maximum Gasteiger partial charge on any atom is 0.0299 e. The molecule has 2 heteroatoms. The van der Waals surface area contributed by atoms with Gasteiger partial charge in [0.2, 0.25) is 0 Å².